The molecule has 0 aliphatic heterocycles. The zero-order valence-electron chi connectivity index (χ0n) is 6.13. The summed E-state index contributed by atoms with van der Waals surface area (Å²) < 4.78 is 10.4. The molecule has 66 valence electrons. The molecule has 0 aliphatic rings. The van der Waals surface area contributed by atoms with Crippen LogP contribution in [0, 0.1) is 0 Å². The monoisotopic (exact) mass is 297 g/mol. The number of carbonyl (C=O) groups excluding carboxylic acids is 1. The topological polar surface area (TPSA) is 52.3 Å². The fourth-order valence-electron chi connectivity index (χ4n) is 0.563. The predicted molar refractivity (Wildman–Crippen MR) is 47.9 cm³/mol. The van der Waals surface area contributed by atoms with Crippen molar-refractivity contribution in [2.45, 2.75) is 6.92 Å². The van der Waals surface area contributed by atoms with Crippen LogP contribution in [0.5, 0.6) is 0 Å². The second kappa shape index (κ2) is 4.04. The van der Waals surface area contributed by atoms with E-state index in [9.17, 15) is 4.79 Å². The second-order valence-corrected chi connectivity index (χ2v) is 3.28. The second-order valence-electron chi connectivity index (χ2n) is 1.80. The number of aromatic nitrogens is 1. The van der Waals surface area contributed by atoms with E-state index in [1.807, 2.05) is 0 Å². The molecule has 0 N–H and O–H groups in total. The third kappa shape index (κ3) is 2.07. The molecule has 0 spiro atoms. The Labute approximate surface area is 85.6 Å². The zero-order chi connectivity index (χ0) is 9.14. The van der Waals surface area contributed by atoms with Gasteiger partial charge in [0.25, 0.3) is 0 Å². The van der Waals surface area contributed by atoms with Crippen molar-refractivity contribution in [1.29, 1.82) is 0 Å². The van der Waals surface area contributed by atoms with E-state index < -0.39 is 5.97 Å². The van der Waals surface area contributed by atoms with Crippen LogP contribution in [0.15, 0.2) is 13.7 Å². The van der Waals surface area contributed by atoms with Crippen molar-refractivity contribution in [3.63, 3.8) is 0 Å². The third-order valence-electron chi connectivity index (χ3n) is 0.998. The first-order chi connectivity index (χ1) is 5.65. The number of rotatable bonds is 2. The Bertz CT molecular complexity index is 277. The van der Waals surface area contributed by atoms with E-state index in [2.05, 4.69) is 41.6 Å². The molecule has 0 saturated carbocycles. The van der Waals surface area contributed by atoms with Gasteiger partial charge in [0.05, 0.1) is 6.61 Å². The lowest BCUT2D eigenvalue weighted by Gasteiger charge is -1.94. The highest BCUT2D eigenvalue weighted by atomic mass is 79.9. The van der Waals surface area contributed by atoms with E-state index in [0.29, 0.717) is 15.9 Å². The average molecular weight is 299 g/mol. The molecule has 0 radical (unpaired) electrons. The minimum atomic E-state index is -0.566. The standard InChI is InChI=1S/C6H5Br2NO3/c1-2-11-6(10)5-9-3(7)4(8)12-5/h2H2,1H3. The average Bonchev–Trinajstić information content (AvgIpc) is 2.33. The smallest absolute Gasteiger partial charge is 0.394 e. The lowest BCUT2D eigenvalue weighted by molar-refractivity contribution is 0.0479. The van der Waals surface area contributed by atoms with Gasteiger partial charge in [0.1, 0.15) is 0 Å². The number of carbonyl (C=O) groups is 1. The molecule has 0 bridgehead atoms. The molecule has 0 amide bonds. The van der Waals surface area contributed by atoms with Gasteiger partial charge in [-0.2, -0.15) is 4.98 Å². The summed E-state index contributed by atoms with van der Waals surface area (Å²) in [7, 11) is 0. The van der Waals surface area contributed by atoms with E-state index in [1.165, 1.54) is 0 Å². The zero-order valence-corrected chi connectivity index (χ0v) is 9.31. The number of oxazole rings is 1. The molecule has 0 saturated heterocycles. The van der Waals surface area contributed by atoms with Crippen LogP contribution in [0.3, 0.4) is 0 Å². The maximum atomic E-state index is 11.0. The summed E-state index contributed by atoms with van der Waals surface area (Å²) >= 11 is 6.13. The van der Waals surface area contributed by atoms with Crippen LogP contribution in [-0.2, 0) is 4.74 Å². The summed E-state index contributed by atoms with van der Waals surface area (Å²) in [4.78, 5) is 14.7. The molecule has 0 aromatic carbocycles. The Balaban J connectivity index is 2.82. The van der Waals surface area contributed by atoms with Crippen LogP contribution in [0.1, 0.15) is 17.6 Å². The Morgan fingerprint density at radius 2 is 2.33 bits per heavy atom. The van der Waals surface area contributed by atoms with Crippen LogP contribution >= 0.6 is 31.9 Å². The normalized spacial score (nSPS) is 9.92. The molecular weight excluding hydrogens is 294 g/mol. The molecule has 12 heavy (non-hydrogen) atoms. The number of ether oxygens (including phenoxy) is 1. The third-order valence-corrected chi connectivity index (χ3v) is 2.61. The van der Waals surface area contributed by atoms with Gasteiger partial charge in [-0.3, -0.25) is 0 Å². The van der Waals surface area contributed by atoms with Crippen molar-refractivity contribution in [2.75, 3.05) is 6.61 Å². The van der Waals surface area contributed by atoms with Gasteiger partial charge in [0, 0.05) is 0 Å². The van der Waals surface area contributed by atoms with E-state index >= 15 is 0 Å². The van der Waals surface area contributed by atoms with Gasteiger partial charge < -0.3 is 9.15 Å². The first-order valence-corrected chi connectivity index (χ1v) is 4.72. The highest BCUT2D eigenvalue weighted by Gasteiger charge is 2.16. The lowest BCUT2D eigenvalue weighted by atomic mass is 10.7. The van der Waals surface area contributed by atoms with Gasteiger partial charge in [-0.1, -0.05) is 0 Å². The van der Waals surface area contributed by atoms with Gasteiger partial charge in [0.15, 0.2) is 4.60 Å². The van der Waals surface area contributed by atoms with Crippen molar-refractivity contribution < 1.29 is 13.9 Å². The van der Waals surface area contributed by atoms with Crippen molar-refractivity contribution in [3.8, 4) is 0 Å². The number of nitrogens with zero attached hydrogens (tertiary/aromatic N) is 1. The van der Waals surface area contributed by atoms with Crippen molar-refractivity contribution in [3.05, 3.63) is 15.2 Å². The summed E-state index contributed by atoms with van der Waals surface area (Å²) in [6.07, 6.45) is 0. The molecule has 4 nitrogen and oxygen atoms in total. The molecule has 0 unspecified atom stereocenters. The van der Waals surface area contributed by atoms with E-state index in [0.717, 1.165) is 0 Å². The van der Waals surface area contributed by atoms with Crippen LogP contribution in [0.4, 0.5) is 0 Å². The fourth-order valence-corrected chi connectivity index (χ4v) is 1.05. The van der Waals surface area contributed by atoms with E-state index in [-0.39, 0.29) is 5.89 Å². The first-order valence-electron chi connectivity index (χ1n) is 3.14. The molecule has 1 aromatic heterocycles. The maximum absolute atomic E-state index is 11.0. The number of esters is 1. The fraction of sp³-hybridized carbons (Fsp3) is 0.333. The lowest BCUT2D eigenvalue weighted by Crippen LogP contribution is -2.04. The molecule has 1 aromatic rings. The quantitative estimate of drug-likeness (QED) is 0.787. The molecule has 6 heteroatoms. The van der Waals surface area contributed by atoms with Gasteiger partial charge in [0.2, 0.25) is 4.67 Å². The summed E-state index contributed by atoms with van der Waals surface area (Å²) in [5.74, 6) is -0.625. The molecule has 0 atom stereocenters. The Morgan fingerprint density at radius 1 is 1.67 bits per heavy atom. The molecule has 0 fully saturated rings. The first kappa shape index (κ1) is 9.73. The Hall–Kier alpha value is -0.360. The summed E-state index contributed by atoms with van der Waals surface area (Å²) in [6.45, 7) is 2.02. The van der Waals surface area contributed by atoms with Gasteiger partial charge in [-0.25, -0.2) is 4.79 Å². The summed E-state index contributed by atoms with van der Waals surface area (Å²) in [5.41, 5.74) is 0. The Kier molecular flexibility index (Phi) is 3.28. The highest BCUT2D eigenvalue weighted by molar-refractivity contribution is 9.13. The number of hydrogen-bond acceptors (Lipinski definition) is 4. The van der Waals surface area contributed by atoms with Crippen LogP contribution < -0.4 is 0 Å². The molecule has 1 heterocycles. The van der Waals surface area contributed by atoms with Crippen LogP contribution in [0.25, 0.3) is 0 Å². The minimum absolute atomic E-state index is 0.0596. The van der Waals surface area contributed by atoms with Crippen molar-refractivity contribution in [1.82, 2.24) is 4.98 Å². The van der Waals surface area contributed by atoms with E-state index in [1.54, 1.807) is 6.92 Å². The number of halogens is 2. The SMILES string of the molecule is CCOC(=O)c1nc(Br)c(Br)o1. The predicted octanol–water partition coefficient (Wildman–Crippen LogP) is 2.38. The maximum Gasteiger partial charge on any atom is 0.394 e. The van der Waals surface area contributed by atoms with Crippen LogP contribution in [0.2, 0.25) is 0 Å². The van der Waals surface area contributed by atoms with E-state index in [4.69, 9.17) is 4.42 Å². The molecule has 0 aliphatic carbocycles. The Morgan fingerprint density at radius 3 is 2.75 bits per heavy atom. The van der Waals surface area contributed by atoms with Crippen molar-refractivity contribution >= 4 is 37.8 Å². The van der Waals surface area contributed by atoms with Gasteiger partial charge in [-0.15, -0.1) is 0 Å². The molecular formula is C6H5Br2NO3. The minimum Gasteiger partial charge on any atom is -0.459 e. The van der Waals surface area contributed by atoms with Crippen molar-refractivity contribution in [2.24, 2.45) is 0 Å². The summed E-state index contributed by atoms with van der Waals surface area (Å²) in [5, 5.41) is 0. The largest absolute Gasteiger partial charge is 0.459 e. The van der Waals surface area contributed by atoms with Crippen LogP contribution in [-0.4, -0.2) is 17.6 Å². The number of hydrogen-bond donors (Lipinski definition) is 0. The van der Waals surface area contributed by atoms with Gasteiger partial charge >= 0.3 is 11.9 Å². The highest BCUT2D eigenvalue weighted by Crippen LogP contribution is 2.23. The molecule has 1 rings (SSSR count). The van der Waals surface area contributed by atoms with Gasteiger partial charge in [-0.05, 0) is 38.8 Å². The summed E-state index contributed by atoms with van der Waals surface area (Å²) in [6, 6.07) is 0.